The fourth-order valence-electron chi connectivity index (χ4n) is 2.89. The van der Waals surface area contributed by atoms with Crippen molar-refractivity contribution >= 4 is 11.8 Å². The monoisotopic (exact) mass is 377 g/mol. The maximum absolute atomic E-state index is 12.6. The Morgan fingerprint density at radius 1 is 0.926 bits per heavy atom. The van der Waals surface area contributed by atoms with Crippen LogP contribution in [0.2, 0.25) is 0 Å². The van der Waals surface area contributed by atoms with E-state index in [-0.39, 0.29) is 43.1 Å². The van der Waals surface area contributed by atoms with Gasteiger partial charge in [-0.3, -0.25) is 14.4 Å². The number of pyridine rings is 1. The van der Waals surface area contributed by atoms with E-state index < -0.39 is 24.0 Å². The number of rotatable bonds is 4. The van der Waals surface area contributed by atoms with E-state index >= 15 is 0 Å². The standard InChI is InChI=1S/C18H17F2N3O4/c19-18(20)27-14-6-2-1-4-12(14)16(25)22-8-10-23(11-9-22)17(26)13-5-3-7-21-15(13)24/h1-7,18H,8-11H2,(H,21,24). The highest BCUT2D eigenvalue weighted by atomic mass is 19.3. The third-order valence-electron chi connectivity index (χ3n) is 4.24. The number of alkyl halides is 2. The van der Waals surface area contributed by atoms with Gasteiger partial charge in [0.1, 0.15) is 11.3 Å². The first-order valence-corrected chi connectivity index (χ1v) is 8.27. The van der Waals surface area contributed by atoms with Gasteiger partial charge in [-0.1, -0.05) is 12.1 Å². The summed E-state index contributed by atoms with van der Waals surface area (Å²) < 4.78 is 29.4. The van der Waals surface area contributed by atoms with Crippen LogP contribution in [0.5, 0.6) is 5.75 Å². The van der Waals surface area contributed by atoms with Crippen molar-refractivity contribution in [3.05, 3.63) is 64.1 Å². The van der Waals surface area contributed by atoms with Gasteiger partial charge < -0.3 is 19.5 Å². The minimum atomic E-state index is -3.03. The van der Waals surface area contributed by atoms with Gasteiger partial charge in [0.2, 0.25) is 0 Å². The topological polar surface area (TPSA) is 82.7 Å². The SMILES string of the molecule is O=C(c1ccccc1OC(F)F)N1CCN(C(=O)c2ccc[nH]c2=O)CC1. The summed E-state index contributed by atoms with van der Waals surface area (Å²) in [4.78, 5) is 42.2. The number of hydrogen-bond donors (Lipinski definition) is 1. The van der Waals surface area contributed by atoms with Crippen molar-refractivity contribution in [3.8, 4) is 5.75 Å². The Labute approximate surface area is 153 Å². The number of piperazine rings is 1. The summed E-state index contributed by atoms with van der Waals surface area (Å²) in [6.07, 6.45) is 1.44. The number of hydrogen-bond acceptors (Lipinski definition) is 4. The maximum atomic E-state index is 12.6. The van der Waals surface area contributed by atoms with E-state index in [2.05, 4.69) is 9.72 Å². The van der Waals surface area contributed by atoms with Gasteiger partial charge in [-0.25, -0.2) is 0 Å². The van der Waals surface area contributed by atoms with Gasteiger partial charge in [0.25, 0.3) is 17.4 Å². The molecule has 0 saturated carbocycles. The van der Waals surface area contributed by atoms with E-state index in [9.17, 15) is 23.2 Å². The van der Waals surface area contributed by atoms with Crippen LogP contribution in [0.25, 0.3) is 0 Å². The molecule has 0 spiro atoms. The number of benzene rings is 1. The third kappa shape index (κ3) is 4.13. The predicted molar refractivity (Wildman–Crippen MR) is 91.9 cm³/mol. The molecule has 0 aliphatic carbocycles. The zero-order chi connectivity index (χ0) is 19.4. The van der Waals surface area contributed by atoms with Crippen molar-refractivity contribution in [1.29, 1.82) is 0 Å². The summed E-state index contributed by atoms with van der Waals surface area (Å²) in [5.74, 6) is -1.05. The molecule has 1 aromatic heterocycles. The maximum Gasteiger partial charge on any atom is 0.387 e. The molecule has 2 aromatic rings. The molecule has 1 fully saturated rings. The van der Waals surface area contributed by atoms with Gasteiger partial charge >= 0.3 is 6.61 Å². The lowest BCUT2D eigenvalue weighted by molar-refractivity contribution is -0.0503. The zero-order valence-corrected chi connectivity index (χ0v) is 14.2. The number of para-hydroxylation sites is 1. The normalized spacial score (nSPS) is 14.3. The van der Waals surface area contributed by atoms with Gasteiger partial charge in [0.15, 0.2) is 0 Å². The Balaban J connectivity index is 1.68. The molecule has 0 atom stereocenters. The Morgan fingerprint density at radius 3 is 2.07 bits per heavy atom. The molecule has 0 bridgehead atoms. The van der Waals surface area contributed by atoms with Crippen LogP contribution in [-0.4, -0.2) is 59.4 Å². The molecule has 1 saturated heterocycles. The Bertz CT molecular complexity index is 892. The fourth-order valence-corrected chi connectivity index (χ4v) is 2.89. The van der Waals surface area contributed by atoms with Crippen LogP contribution in [0.3, 0.4) is 0 Å². The molecule has 2 heterocycles. The van der Waals surface area contributed by atoms with Gasteiger partial charge in [-0.2, -0.15) is 8.78 Å². The van der Waals surface area contributed by atoms with E-state index in [4.69, 9.17) is 0 Å². The molecule has 3 rings (SSSR count). The number of ether oxygens (including phenoxy) is 1. The molecule has 142 valence electrons. The lowest BCUT2D eigenvalue weighted by Gasteiger charge is -2.34. The summed E-state index contributed by atoms with van der Waals surface area (Å²) in [7, 11) is 0. The van der Waals surface area contributed by atoms with Crippen molar-refractivity contribution in [3.63, 3.8) is 0 Å². The van der Waals surface area contributed by atoms with E-state index in [1.54, 1.807) is 12.1 Å². The summed E-state index contributed by atoms with van der Waals surface area (Å²) in [5, 5.41) is 0. The fraction of sp³-hybridized carbons (Fsp3) is 0.278. The highest BCUT2D eigenvalue weighted by Gasteiger charge is 2.28. The molecule has 0 unspecified atom stereocenters. The highest BCUT2D eigenvalue weighted by Crippen LogP contribution is 2.22. The van der Waals surface area contributed by atoms with Crippen LogP contribution in [0, 0.1) is 0 Å². The average molecular weight is 377 g/mol. The quantitative estimate of drug-likeness (QED) is 0.877. The van der Waals surface area contributed by atoms with Crippen LogP contribution in [-0.2, 0) is 0 Å². The van der Waals surface area contributed by atoms with Crippen molar-refractivity contribution in [2.75, 3.05) is 26.2 Å². The second-order valence-electron chi connectivity index (χ2n) is 5.87. The van der Waals surface area contributed by atoms with E-state index in [1.807, 2.05) is 0 Å². The van der Waals surface area contributed by atoms with E-state index in [0.717, 1.165) is 0 Å². The molecular formula is C18H17F2N3O4. The summed E-state index contributed by atoms with van der Waals surface area (Å²) in [6.45, 7) is -2.12. The first kappa shape index (κ1) is 18.6. The van der Waals surface area contributed by atoms with Crippen molar-refractivity contribution in [2.45, 2.75) is 6.61 Å². The summed E-state index contributed by atoms with van der Waals surface area (Å²) >= 11 is 0. The van der Waals surface area contributed by atoms with Crippen LogP contribution in [0.4, 0.5) is 8.78 Å². The van der Waals surface area contributed by atoms with E-state index in [1.165, 1.54) is 40.3 Å². The number of aromatic nitrogens is 1. The molecule has 0 radical (unpaired) electrons. The number of carbonyl (C=O) groups excluding carboxylic acids is 2. The van der Waals surface area contributed by atoms with Crippen LogP contribution in [0.15, 0.2) is 47.4 Å². The average Bonchev–Trinajstić information content (AvgIpc) is 2.67. The van der Waals surface area contributed by atoms with E-state index in [0.29, 0.717) is 0 Å². The molecule has 1 aliphatic heterocycles. The predicted octanol–water partition coefficient (Wildman–Crippen LogP) is 1.57. The highest BCUT2D eigenvalue weighted by molar-refractivity contribution is 5.97. The number of aromatic amines is 1. The van der Waals surface area contributed by atoms with Crippen molar-refractivity contribution < 1.29 is 23.1 Å². The Kier molecular flexibility index (Phi) is 5.49. The zero-order valence-electron chi connectivity index (χ0n) is 14.2. The Morgan fingerprint density at radius 2 is 1.48 bits per heavy atom. The minimum Gasteiger partial charge on any atom is -0.434 e. The molecule has 2 amide bonds. The first-order valence-electron chi connectivity index (χ1n) is 8.27. The van der Waals surface area contributed by atoms with Crippen LogP contribution < -0.4 is 10.3 Å². The number of carbonyl (C=O) groups is 2. The van der Waals surface area contributed by atoms with Gasteiger partial charge in [0, 0.05) is 32.4 Å². The van der Waals surface area contributed by atoms with Gasteiger partial charge in [-0.15, -0.1) is 0 Å². The summed E-state index contributed by atoms with van der Waals surface area (Å²) in [5.41, 5.74) is -0.399. The summed E-state index contributed by atoms with van der Waals surface area (Å²) in [6, 6.07) is 8.79. The van der Waals surface area contributed by atoms with Crippen molar-refractivity contribution in [1.82, 2.24) is 14.8 Å². The number of H-pyrrole nitrogens is 1. The minimum absolute atomic E-state index is 0.0351. The molecule has 1 N–H and O–H groups in total. The lowest BCUT2D eigenvalue weighted by Crippen LogP contribution is -2.51. The number of nitrogens with zero attached hydrogens (tertiary/aromatic N) is 2. The molecule has 1 aromatic carbocycles. The second-order valence-corrected chi connectivity index (χ2v) is 5.87. The van der Waals surface area contributed by atoms with Crippen molar-refractivity contribution in [2.24, 2.45) is 0 Å². The first-order chi connectivity index (χ1) is 13.0. The third-order valence-corrected chi connectivity index (χ3v) is 4.24. The van der Waals surface area contributed by atoms with Gasteiger partial charge in [0.05, 0.1) is 5.56 Å². The lowest BCUT2D eigenvalue weighted by atomic mass is 10.1. The van der Waals surface area contributed by atoms with Crippen LogP contribution in [0.1, 0.15) is 20.7 Å². The van der Waals surface area contributed by atoms with Gasteiger partial charge in [-0.05, 0) is 24.3 Å². The van der Waals surface area contributed by atoms with Crippen LogP contribution >= 0.6 is 0 Å². The number of nitrogens with one attached hydrogen (secondary N) is 1. The molecule has 7 nitrogen and oxygen atoms in total. The Hall–Kier alpha value is -3.23. The molecule has 27 heavy (non-hydrogen) atoms. The number of halogens is 2. The molecule has 1 aliphatic rings. The smallest absolute Gasteiger partial charge is 0.387 e. The molecular weight excluding hydrogens is 360 g/mol. The molecule has 9 heteroatoms. The second kappa shape index (κ2) is 7.98. The number of amides is 2. The largest absolute Gasteiger partial charge is 0.434 e.